The third-order valence-electron chi connectivity index (χ3n) is 2.42. The number of hydrogen-bond acceptors (Lipinski definition) is 5. The lowest BCUT2D eigenvalue weighted by atomic mass is 10.3. The molecule has 0 aliphatic heterocycles. The Labute approximate surface area is 117 Å². The van der Waals surface area contributed by atoms with Crippen molar-refractivity contribution < 1.29 is 21.6 Å². The molecule has 0 aliphatic rings. The minimum Gasteiger partial charge on any atom is -0.379 e. The summed E-state index contributed by atoms with van der Waals surface area (Å²) in [5.74, 6) is 0. The van der Waals surface area contributed by atoms with Crippen LogP contribution in [0.5, 0.6) is 0 Å². The maximum atomic E-state index is 12.6. The van der Waals surface area contributed by atoms with Crippen LogP contribution in [0, 0.1) is 0 Å². The Hall–Kier alpha value is -1.61. The number of sulfone groups is 1. The van der Waals surface area contributed by atoms with E-state index in [4.69, 9.17) is 0 Å². The van der Waals surface area contributed by atoms with E-state index in [1.54, 1.807) is 11.7 Å². The molecule has 20 heavy (non-hydrogen) atoms. The van der Waals surface area contributed by atoms with Gasteiger partial charge in [-0.25, -0.2) is 8.42 Å². The van der Waals surface area contributed by atoms with Crippen LogP contribution < -0.4 is 5.32 Å². The SMILES string of the molecule is O=S(=O)(c1ccccc1NCc1cncs1)C(F)(F)F. The van der Waals surface area contributed by atoms with Crippen molar-refractivity contribution in [2.75, 3.05) is 5.32 Å². The fourth-order valence-corrected chi connectivity index (χ4v) is 2.95. The number of aromatic nitrogens is 1. The maximum absolute atomic E-state index is 12.6. The topological polar surface area (TPSA) is 59.1 Å². The predicted molar refractivity (Wildman–Crippen MR) is 69.1 cm³/mol. The van der Waals surface area contributed by atoms with E-state index in [1.165, 1.54) is 29.5 Å². The van der Waals surface area contributed by atoms with Crippen LogP contribution in [0.25, 0.3) is 0 Å². The van der Waals surface area contributed by atoms with Crippen molar-refractivity contribution in [2.45, 2.75) is 16.9 Å². The molecule has 9 heteroatoms. The van der Waals surface area contributed by atoms with Gasteiger partial charge in [0.1, 0.15) is 0 Å². The zero-order valence-corrected chi connectivity index (χ0v) is 11.5. The van der Waals surface area contributed by atoms with Crippen molar-refractivity contribution in [1.29, 1.82) is 0 Å². The number of nitrogens with zero attached hydrogens (tertiary/aromatic N) is 1. The fourth-order valence-electron chi connectivity index (χ4n) is 1.48. The van der Waals surface area contributed by atoms with Gasteiger partial charge in [0.25, 0.3) is 9.84 Å². The highest BCUT2D eigenvalue weighted by Crippen LogP contribution is 2.34. The van der Waals surface area contributed by atoms with E-state index in [0.717, 1.165) is 10.9 Å². The molecule has 0 unspecified atom stereocenters. The normalized spacial score (nSPS) is 12.3. The van der Waals surface area contributed by atoms with Gasteiger partial charge in [0.05, 0.1) is 22.6 Å². The Balaban J connectivity index is 2.32. The Morgan fingerprint density at radius 2 is 1.95 bits per heavy atom. The second-order valence-corrected chi connectivity index (χ2v) is 6.65. The summed E-state index contributed by atoms with van der Waals surface area (Å²) in [6.07, 6.45) is 1.55. The van der Waals surface area contributed by atoms with E-state index in [1.807, 2.05) is 0 Å². The lowest BCUT2D eigenvalue weighted by Gasteiger charge is -2.13. The summed E-state index contributed by atoms with van der Waals surface area (Å²) in [6.45, 7) is 0.203. The van der Waals surface area contributed by atoms with Crippen LogP contribution in [0.15, 0.2) is 40.9 Å². The van der Waals surface area contributed by atoms with Gasteiger partial charge < -0.3 is 5.32 Å². The standard InChI is InChI=1S/C11H9F3N2O2S2/c12-11(13,14)20(17,18)10-4-2-1-3-9(10)16-6-8-5-15-7-19-8/h1-5,7,16H,6H2. The number of thiazole rings is 1. The van der Waals surface area contributed by atoms with Crippen molar-refractivity contribution in [3.8, 4) is 0 Å². The van der Waals surface area contributed by atoms with Crippen LogP contribution in [0.2, 0.25) is 0 Å². The summed E-state index contributed by atoms with van der Waals surface area (Å²) in [7, 11) is -5.37. The molecule has 2 aromatic rings. The van der Waals surface area contributed by atoms with E-state index in [9.17, 15) is 21.6 Å². The summed E-state index contributed by atoms with van der Waals surface area (Å²) in [5.41, 5.74) is -3.83. The molecule has 4 nitrogen and oxygen atoms in total. The molecule has 1 aromatic heterocycles. The van der Waals surface area contributed by atoms with Gasteiger partial charge in [-0.1, -0.05) is 12.1 Å². The van der Waals surface area contributed by atoms with Crippen molar-refractivity contribution in [3.63, 3.8) is 0 Å². The summed E-state index contributed by atoms with van der Waals surface area (Å²) in [6, 6.07) is 4.93. The quantitative estimate of drug-likeness (QED) is 0.940. The summed E-state index contributed by atoms with van der Waals surface area (Å²) >= 11 is 1.32. The lowest BCUT2D eigenvalue weighted by molar-refractivity contribution is -0.0435. The molecule has 2 rings (SSSR count). The third kappa shape index (κ3) is 2.93. The van der Waals surface area contributed by atoms with Gasteiger partial charge in [0, 0.05) is 11.1 Å². The fraction of sp³-hybridized carbons (Fsp3) is 0.182. The van der Waals surface area contributed by atoms with Crippen LogP contribution in [-0.2, 0) is 16.4 Å². The Morgan fingerprint density at radius 3 is 2.55 bits per heavy atom. The molecule has 0 atom stereocenters. The lowest BCUT2D eigenvalue weighted by Crippen LogP contribution is -2.24. The average Bonchev–Trinajstić information content (AvgIpc) is 2.88. The smallest absolute Gasteiger partial charge is 0.379 e. The molecule has 0 aliphatic carbocycles. The van der Waals surface area contributed by atoms with Gasteiger partial charge in [-0.05, 0) is 12.1 Å². The minimum absolute atomic E-state index is 0.0850. The largest absolute Gasteiger partial charge is 0.501 e. The maximum Gasteiger partial charge on any atom is 0.501 e. The van der Waals surface area contributed by atoms with Gasteiger partial charge >= 0.3 is 5.51 Å². The van der Waals surface area contributed by atoms with Gasteiger partial charge in [-0.2, -0.15) is 13.2 Å². The highest BCUT2D eigenvalue weighted by atomic mass is 32.2. The first kappa shape index (κ1) is 14.8. The molecule has 1 aromatic carbocycles. The van der Waals surface area contributed by atoms with Gasteiger partial charge in [-0.15, -0.1) is 11.3 Å². The van der Waals surface area contributed by atoms with E-state index in [0.29, 0.717) is 0 Å². The zero-order valence-electron chi connectivity index (χ0n) is 9.89. The molecule has 0 fully saturated rings. The summed E-state index contributed by atoms with van der Waals surface area (Å²) in [5, 5.41) is 2.69. The number of hydrogen-bond donors (Lipinski definition) is 1. The molecule has 0 bridgehead atoms. The molecule has 1 heterocycles. The molecule has 0 saturated carbocycles. The predicted octanol–water partition coefficient (Wildman–Crippen LogP) is 3.05. The van der Waals surface area contributed by atoms with Crippen LogP contribution in [0.1, 0.15) is 4.88 Å². The van der Waals surface area contributed by atoms with Crippen LogP contribution in [0.3, 0.4) is 0 Å². The number of nitrogens with one attached hydrogen (secondary N) is 1. The second kappa shape index (κ2) is 5.41. The number of rotatable bonds is 4. The van der Waals surface area contributed by atoms with Crippen molar-refractivity contribution >= 4 is 26.9 Å². The van der Waals surface area contributed by atoms with Crippen molar-refractivity contribution in [1.82, 2.24) is 4.98 Å². The van der Waals surface area contributed by atoms with Crippen molar-refractivity contribution in [2.24, 2.45) is 0 Å². The van der Waals surface area contributed by atoms with Gasteiger partial charge in [-0.3, -0.25) is 4.98 Å². The first-order valence-electron chi connectivity index (χ1n) is 5.34. The first-order valence-corrected chi connectivity index (χ1v) is 7.70. The molecular weight excluding hydrogens is 313 g/mol. The average molecular weight is 322 g/mol. The van der Waals surface area contributed by atoms with Crippen LogP contribution >= 0.6 is 11.3 Å². The van der Waals surface area contributed by atoms with Crippen LogP contribution in [-0.4, -0.2) is 18.9 Å². The Bertz CT molecular complexity index is 682. The highest BCUT2D eigenvalue weighted by Gasteiger charge is 2.47. The monoisotopic (exact) mass is 322 g/mol. The minimum atomic E-state index is -5.37. The third-order valence-corrected chi connectivity index (χ3v) is 4.74. The summed E-state index contributed by atoms with van der Waals surface area (Å²) < 4.78 is 60.7. The van der Waals surface area contributed by atoms with E-state index >= 15 is 0 Å². The highest BCUT2D eigenvalue weighted by molar-refractivity contribution is 7.92. The van der Waals surface area contributed by atoms with Gasteiger partial charge in [0.15, 0.2) is 0 Å². The van der Waals surface area contributed by atoms with E-state index < -0.39 is 20.2 Å². The second-order valence-electron chi connectivity index (χ2n) is 3.77. The Kier molecular flexibility index (Phi) is 4.00. The Morgan fingerprint density at radius 1 is 1.25 bits per heavy atom. The molecule has 0 saturated heterocycles. The number of benzene rings is 1. The summed E-state index contributed by atoms with van der Waals surface area (Å²) in [4.78, 5) is 3.83. The molecule has 108 valence electrons. The van der Waals surface area contributed by atoms with Crippen LogP contribution in [0.4, 0.5) is 18.9 Å². The number of alkyl halides is 3. The van der Waals surface area contributed by atoms with Crippen molar-refractivity contribution in [3.05, 3.63) is 40.8 Å². The first-order chi connectivity index (χ1) is 9.32. The molecular formula is C11H9F3N2O2S2. The van der Waals surface area contributed by atoms with E-state index in [-0.39, 0.29) is 12.2 Å². The van der Waals surface area contributed by atoms with E-state index in [2.05, 4.69) is 10.3 Å². The number of anilines is 1. The molecule has 0 spiro atoms. The zero-order chi connectivity index (χ0) is 14.8. The number of para-hydroxylation sites is 1. The molecule has 1 N–H and O–H groups in total. The van der Waals surface area contributed by atoms with Gasteiger partial charge in [0.2, 0.25) is 0 Å². The number of halogens is 3. The molecule has 0 amide bonds. The molecule has 0 radical (unpaired) electrons.